The van der Waals surface area contributed by atoms with Gasteiger partial charge < -0.3 is 10.1 Å². The molecule has 0 fully saturated rings. The number of aromatic nitrogens is 1. The van der Waals surface area contributed by atoms with Crippen LogP contribution in [0.3, 0.4) is 0 Å². The first kappa shape index (κ1) is 15.4. The molecule has 0 bridgehead atoms. The van der Waals surface area contributed by atoms with Crippen molar-refractivity contribution in [1.29, 1.82) is 0 Å². The largest absolute Gasteiger partial charge is 0.472 e. The molecule has 112 valence electrons. The average Bonchev–Trinajstić information content (AvgIpc) is 2.45. The quantitative estimate of drug-likeness (QED) is 0.909. The van der Waals surface area contributed by atoms with Crippen LogP contribution >= 0.6 is 11.6 Å². The third kappa shape index (κ3) is 3.58. The molecule has 2 aromatic rings. The van der Waals surface area contributed by atoms with Crippen LogP contribution in [0, 0.1) is 0 Å². The Kier molecular flexibility index (Phi) is 4.57. The van der Waals surface area contributed by atoms with Crippen molar-refractivity contribution in [2.24, 2.45) is 0 Å². The highest BCUT2D eigenvalue weighted by Gasteiger charge is 2.35. The molecule has 21 heavy (non-hydrogen) atoms. The van der Waals surface area contributed by atoms with Gasteiger partial charge in [0.05, 0.1) is 0 Å². The van der Waals surface area contributed by atoms with Gasteiger partial charge >= 0.3 is 6.18 Å². The van der Waals surface area contributed by atoms with Crippen molar-refractivity contribution in [1.82, 2.24) is 4.98 Å². The third-order valence-corrected chi connectivity index (χ3v) is 3.17. The van der Waals surface area contributed by atoms with Crippen LogP contribution in [0.1, 0.15) is 11.1 Å². The lowest BCUT2D eigenvalue weighted by Crippen LogP contribution is -2.10. The van der Waals surface area contributed by atoms with Gasteiger partial charge in [-0.3, -0.25) is 0 Å². The van der Waals surface area contributed by atoms with E-state index >= 15 is 0 Å². The van der Waals surface area contributed by atoms with Crippen molar-refractivity contribution in [2.75, 3.05) is 12.4 Å². The number of anilines is 1. The number of rotatable bonds is 4. The number of pyridine rings is 1. The van der Waals surface area contributed by atoms with Crippen molar-refractivity contribution in [2.45, 2.75) is 12.8 Å². The number of nitrogens with one attached hydrogen (secondary N) is 1. The maximum Gasteiger partial charge on any atom is 0.421 e. The molecule has 3 nitrogen and oxygen atoms in total. The Bertz CT molecular complexity index is 632. The molecule has 1 aromatic carbocycles. The normalized spacial score (nSPS) is 11.3. The minimum absolute atomic E-state index is 0.115. The Hall–Kier alpha value is -1.95. The summed E-state index contributed by atoms with van der Waals surface area (Å²) in [7, 11) is 1.69. The van der Waals surface area contributed by atoms with Gasteiger partial charge in [0.25, 0.3) is 0 Å². The van der Waals surface area contributed by atoms with Gasteiger partial charge in [0.1, 0.15) is 12.2 Å². The molecule has 0 aliphatic rings. The van der Waals surface area contributed by atoms with Gasteiger partial charge in [0.2, 0.25) is 5.88 Å². The maximum atomic E-state index is 12.8. The summed E-state index contributed by atoms with van der Waals surface area (Å²) in [6.07, 6.45) is -3.27. The van der Waals surface area contributed by atoms with E-state index in [2.05, 4.69) is 10.3 Å². The van der Waals surface area contributed by atoms with Crippen molar-refractivity contribution in [3.8, 4) is 5.88 Å². The smallest absolute Gasteiger partial charge is 0.421 e. The first-order chi connectivity index (χ1) is 9.93. The Labute approximate surface area is 124 Å². The monoisotopic (exact) mass is 316 g/mol. The number of hydrogen-bond donors (Lipinski definition) is 1. The standard InChI is InChI=1S/C14H12ClF3N2O/c1-19-12-6-2-5-11(15)9(12)8-21-13-10(14(16,17)18)4-3-7-20-13/h2-7,19H,8H2,1H3. The highest BCUT2D eigenvalue weighted by atomic mass is 35.5. The zero-order valence-corrected chi connectivity index (χ0v) is 11.8. The number of benzene rings is 1. The molecule has 0 amide bonds. The molecule has 0 radical (unpaired) electrons. The lowest BCUT2D eigenvalue weighted by Gasteiger charge is -2.15. The minimum atomic E-state index is -4.52. The average molecular weight is 317 g/mol. The Morgan fingerprint density at radius 2 is 2.00 bits per heavy atom. The van der Waals surface area contributed by atoms with Gasteiger partial charge in [-0.15, -0.1) is 0 Å². The van der Waals surface area contributed by atoms with Crippen molar-refractivity contribution < 1.29 is 17.9 Å². The zero-order valence-electron chi connectivity index (χ0n) is 11.0. The summed E-state index contributed by atoms with van der Waals surface area (Å²) < 4.78 is 43.7. The van der Waals surface area contributed by atoms with Crippen LogP contribution in [0.15, 0.2) is 36.5 Å². The first-order valence-electron chi connectivity index (χ1n) is 6.03. The Morgan fingerprint density at radius 1 is 1.24 bits per heavy atom. The number of nitrogens with zero attached hydrogens (tertiary/aromatic N) is 1. The topological polar surface area (TPSA) is 34.1 Å². The lowest BCUT2D eigenvalue weighted by molar-refractivity contribution is -0.139. The van der Waals surface area contributed by atoms with Gasteiger partial charge in [0, 0.05) is 29.5 Å². The number of halogens is 4. The summed E-state index contributed by atoms with van der Waals surface area (Å²) in [6.45, 7) is -0.115. The van der Waals surface area contributed by atoms with E-state index in [9.17, 15) is 13.2 Å². The van der Waals surface area contributed by atoms with Gasteiger partial charge in [-0.1, -0.05) is 17.7 Å². The summed E-state index contributed by atoms with van der Waals surface area (Å²) in [4.78, 5) is 3.64. The minimum Gasteiger partial charge on any atom is -0.472 e. The molecule has 0 unspecified atom stereocenters. The number of hydrogen-bond acceptors (Lipinski definition) is 3. The van der Waals surface area contributed by atoms with Crippen LogP contribution in [0.25, 0.3) is 0 Å². The molecule has 1 N–H and O–H groups in total. The maximum absolute atomic E-state index is 12.8. The van der Waals surface area contributed by atoms with Gasteiger partial charge in [-0.05, 0) is 24.3 Å². The molecule has 0 spiro atoms. The summed E-state index contributed by atoms with van der Waals surface area (Å²) in [6, 6.07) is 7.27. The second-order valence-electron chi connectivity index (χ2n) is 4.16. The fourth-order valence-corrected chi connectivity index (χ4v) is 2.03. The molecule has 7 heteroatoms. The van der Waals surface area contributed by atoms with E-state index in [0.29, 0.717) is 16.3 Å². The van der Waals surface area contributed by atoms with Gasteiger partial charge in [0.15, 0.2) is 0 Å². The van der Waals surface area contributed by atoms with Gasteiger partial charge in [-0.2, -0.15) is 13.2 Å². The van der Waals surface area contributed by atoms with Crippen LogP contribution in [-0.4, -0.2) is 12.0 Å². The third-order valence-electron chi connectivity index (χ3n) is 2.82. The molecule has 2 rings (SSSR count). The Balaban J connectivity index is 2.26. The summed E-state index contributed by atoms with van der Waals surface area (Å²) >= 11 is 6.04. The zero-order chi connectivity index (χ0) is 15.5. The van der Waals surface area contributed by atoms with Crippen molar-refractivity contribution in [3.63, 3.8) is 0 Å². The second kappa shape index (κ2) is 6.22. The van der Waals surface area contributed by atoms with E-state index in [0.717, 1.165) is 6.07 Å². The fourth-order valence-electron chi connectivity index (χ4n) is 1.80. The molecular formula is C14H12ClF3N2O. The molecule has 0 atom stereocenters. The molecule has 0 aliphatic carbocycles. The van der Waals surface area contributed by atoms with E-state index in [-0.39, 0.29) is 6.61 Å². The van der Waals surface area contributed by atoms with E-state index in [1.807, 2.05) is 0 Å². The van der Waals surface area contributed by atoms with Crippen molar-refractivity contribution in [3.05, 3.63) is 52.7 Å². The molecule has 0 saturated carbocycles. The molecule has 1 aromatic heterocycles. The summed E-state index contributed by atoms with van der Waals surface area (Å²) in [5, 5.41) is 3.32. The first-order valence-corrected chi connectivity index (χ1v) is 6.41. The highest BCUT2D eigenvalue weighted by Crippen LogP contribution is 2.35. The van der Waals surface area contributed by atoms with Crippen LogP contribution < -0.4 is 10.1 Å². The molecule has 0 aliphatic heterocycles. The van der Waals surface area contributed by atoms with E-state index < -0.39 is 17.6 Å². The van der Waals surface area contributed by atoms with E-state index in [1.54, 1.807) is 25.2 Å². The molecule has 1 heterocycles. The summed E-state index contributed by atoms with van der Waals surface area (Å²) in [5.74, 6) is -0.466. The SMILES string of the molecule is CNc1cccc(Cl)c1COc1ncccc1C(F)(F)F. The molecule has 0 saturated heterocycles. The van der Waals surface area contributed by atoms with Crippen LogP contribution in [0.4, 0.5) is 18.9 Å². The van der Waals surface area contributed by atoms with Crippen LogP contribution in [-0.2, 0) is 12.8 Å². The number of alkyl halides is 3. The predicted molar refractivity (Wildman–Crippen MR) is 74.6 cm³/mol. The van der Waals surface area contributed by atoms with E-state index in [1.165, 1.54) is 12.3 Å². The van der Waals surface area contributed by atoms with E-state index in [4.69, 9.17) is 16.3 Å². The fraction of sp³-hybridized carbons (Fsp3) is 0.214. The van der Waals surface area contributed by atoms with Crippen molar-refractivity contribution >= 4 is 17.3 Å². The molecular weight excluding hydrogens is 305 g/mol. The van der Waals surface area contributed by atoms with Crippen LogP contribution in [0.2, 0.25) is 5.02 Å². The predicted octanol–water partition coefficient (Wildman–Crippen LogP) is 4.37. The number of ether oxygens (including phenoxy) is 1. The lowest BCUT2D eigenvalue weighted by atomic mass is 10.2. The van der Waals surface area contributed by atoms with Gasteiger partial charge in [-0.25, -0.2) is 4.98 Å². The summed E-state index contributed by atoms with van der Waals surface area (Å²) in [5.41, 5.74) is 0.343. The highest BCUT2D eigenvalue weighted by molar-refractivity contribution is 6.31. The van der Waals surface area contributed by atoms with Crippen LogP contribution in [0.5, 0.6) is 5.88 Å². The second-order valence-corrected chi connectivity index (χ2v) is 4.57. The Morgan fingerprint density at radius 3 is 2.67 bits per heavy atom.